The fourth-order valence-electron chi connectivity index (χ4n) is 0.569. The normalized spacial score (nSPS) is 11.9. The van der Waals surface area contributed by atoms with Gasteiger partial charge in [-0.25, -0.2) is 0 Å². The molecule has 0 aliphatic rings. The van der Waals surface area contributed by atoms with Crippen molar-refractivity contribution >= 4 is 11.9 Å². The van der Waals surface area contributed by atoms with Crippen molar-refractivity contribution in [1.82, 2.24) is 5.32 Å². The Bertz CT molecular complexity index is 168. The smallest absolute Gasteiger partial charge is 0.315 e. The summed E-state index contributed by atoms with van der Waals surface area (Å²) < 4.78 is 4.87. The molecule has 0 aromatic carbocycles. The van der Waals surface area contributed by atoms with E-state index in [9.17, 15) is 9.59 Å². The lowest BCUT2D eigenvalue weighted by atomic mass is 10.3. The monoisotopic (exact) mass is 173 g/mol. The summed E-state index contributed by atoms with van der Waals surface area (Å²) in [5.74, 6) is -0.785. The minimum atomic E-state index is -0.469. The minimum Gasteiger partial charge on any atom is -0.462 e. The molecule has 0 heterocycles. The Kier molecular flexibility index (Phi) is 5.08. The average Bonchev–Trinajstić information content (AvgIpc) is 2.03. The lowest BCUT2D eigenvalue weighted by Crippen LogP contribution is -2.24. The van der Waals surface area contributed by atoms with Crippen LogP contribution in [-0.4, -0.2) is 25.0 Å². The second-order valence-corrected chi connectivity index (χ2v) is 2.56. The first-order chi connectivity index (χ1) is 5.60. The molecule has 4 heteroatoms. The first-order valence-corrected chi connectivity index (χ1v) is 4.00. The fraction of sp³-hybridized carbons (Fsp3) is 0.750. The molecule has 1 unspecified atom stereocenters. The quantitative estimate of drug-likeness (QED) is 0.496. The van der Waals surface area contributed by atoms with Crippen molar-refractivity contribution in [3.05, 3.63) is 0 Å². The van der Waals surface area contributed by atoms with Crippen molar-refractivity contribution in [2.75, 3.05) is 7.05 Å². The number of ether oxygens (including phenoxy) is 1. The van der Waals surface area contributed by atoms with Gasteiger partial charge < -0.3 is 10.1 Å². The van der Waals surface area contributed by atoms with Gasteiger partial charge in [-0.1, -0.05) is 6.92 Å². The molecule has 1 atom stereocenters. The molecule has 70 valence electrons. The Morgan fingerprint density at radius 2 is 2.08 bits per heavy atom. The lowest BCUT2D eigenvalue weighted by molar-refractivity contribution is -0.150. The van der Waals surface area contributed by atoms with Gasteiger partial charge in [-0.3, -0.25) is 9.59 Å². The number of hydrogen-bond donors (Lipinski definition) is 1. The van der Waals surface area contributed by atoms with Crippen molar-refractivity contribution in [3.63, 3.8) is 0 Å². The van der Waals surface area contributed by atoms with E-state index in [0.717, 1.165) is 6.42 Å². The number of hydrogen-bond acceptors (Lipinski definition) is 3. The van der Waals surface area contributed by atoms with Crippen LogP contribution in [0.4, 0.5) is 0 Å². The van der Waals surface area contributed by atoms with Crippen LogP contribution in [0.5, 0.6) is 0 Å². The summed E-state index contributed by atoms with van der Waals surface area (Å²) in [6.07, 6.45) is 0.461. The van der Waals surface area contributed by atoms with Crippen molar-refractivity contribution < 1.29 is 14.3 Å². The van der Waals surface area contributed by atoms with Crippen LogP contribution in [-0.2, 0) is 14.3 Å². The van der Waals surface area contributed by atoms with Gasteiger partial charge in [0, 0.05) is 7.05 Å². The van der Waals surface area contributed by atoms with E-state index in [4.69, 9.17) is 4.74 Å². The summed E-state index contributed by atoms with van der Waals surface area (Å²) in [6, 6.07) is 0. The van der Waals surface area contributed by atoms with Crippen LogP contribution >= 0.6 is 0 Å². The second kappa shape index (κ2) is 5.57. The van der Waals surface area contributed by atoms with Gasteiger partial charge in [0.2, 0.25) is 5.91 Å². The first-order valence-electron chi connectivity index (χ1n) is 4.00. The highest BCUT2D eigenvalue weighted by atomic mass is 16.5. The molecule has 0 aliphatic carbocycles. The van der Waals surface area contributed by atoms with Gasteiger partial charge in [-0.2, -0.15) is 0 Å². The van der Waals surface area contributed by atoms with Gasteiger partial charge in [-0.05, 0) is 13.3 Å². The van der Waals surface area contributed by atoms with E-state index < -0.39 is 5.97 Å². The third-order valence-electron chi connectivity index (χ3n) is 1.49. The number of carbonyl (C=O) groups excluding carboxylic acids is 2. The van der Waals surface area contributed by atoms with Gasteiger partial charge >= 0.3 is 5.97 Å². The molecule has 0 saturated heterocycles. The Morgan fingerprint density at radius 1 is 1.50 bits per heavy atom. The van der Waals surface area contributed by atoms with Gasteiger partial charge in [0.15, 0.2) is 0 Å². The Balaban J connectivity index is 3.66. The molecular formula is C8H15NO3. The van der Waals surface area contributed by atoms with Crippen LogP contribution in [0.3, 0.4) is 0 Å². The van der Waals surface area contributed by atoms with Gasteiger partial charge in [0.05, 0.1) is 6.10 Å². The van der Waals surface area contributed by atoms with Crippen molar-refractivity contribution in [1.29, 1.82) is 0 Å². The molecule has 4 nitrogen and oxygen atoms in total. The van der Waals surface area contributed by atoms with E-state index >= 15 is 0 Å². The Labute approximate surface area is 72.3 Å². The fourth-order valence-corrected chi connectivity index (χ4v) is 0.569. The molecule has 0 aliphatic heterocycles. The third-order valence-corrected chi connectivity index (χ3v) is 1.49. The molecule has 0 aromatic rings. The SMILES string of the molecule is CCC(C)OC(=O)CC(=O)NC. The largest absolute Gasteiger partial charge is 0.462 e. The number of esters is 1. The zero-order chi connectivity index (χ0) is 9.56. The third kappa shape index (κ3) is 4.71. The van der Waals surface area contributed by atoms with E-state index in [1.807, 2.05) is 6.92 Å². The van der Waals surface area contributed by atoms with Gasteiger partial charge in [-0.15, -0.1) is 0 Å². The first kappa shape index (κ1) is 10.9. The number of nitrogens with one attached hydrogen (secondary N) is 1. The topological polar surface area (TPSA) is 55.4 Å². The van der Waals surface area contributed by atoms with Crippen molar-refractivity contribution in [2.45, 2.75) is 32.8 Å². The van der Waals surface area contributed by atoms with Gasteiger partial charge in [0.25, 0.3) is 0 Å². The molecule has 0 radical (unpaired) electrons. The zero-order valence-corrected chi connectivity index (χ0v) is 7.72. The molecule has 12 heavy (non-hydrogen) atoms. The van der Waals surface area contributed by atoms with Gasteiger partial charge in [0.1, 0.15) is 6.42 Å². The van der Waals surface area contributed by atoms with Crippen LogP contribution in [0.15, 0.2) is 0 Å². The summed E-state index contributed by atoms with van der Waals surface area (Å²) in [6.45, 7) is 3.71. The molecule has 1 amide bonds. The second-order valence-electron chi connectivity index (χ2n) is 2.56. The number of rotatable bonds is 4. The molecule has 0 spiro atoms. The maximum atomic E-state index is 10.9. The highest BCUT2D eigenvalue weighted by molar-refractivity contribution is 5.94. The maximum absolute atomic E-state index is 10.9. The summed E-state index contributed by atoms with van der Waals surface area (Å²) in [4.78, 5) is 21.6. The highest BCUT2D eigenvalue weighted by Gasteiger charge is 2.11. The highest BCUT2D eigenvalue weighted by Crippen LogP contribution is 1.98. The molecule has 0 saturated carbocycles. The number of amides is 1. The van der Waals surface area contributed by atoms with Crippen LogP contribution in [0, 0.1) is 0 Å². The summed E-state index contributed by atoms with van der Waals surface area (Å²) in [5, 5.41) is 2.35. The summed E-state index contributed by atoms with van der Waals surface area (Å²) >= 11 is 0. The van der Waals surface area contributed by atoms with E-state index in [1.165, 1.54) is 7.05 Å². The molecule has 1 N–H and O–H groups in total. The summed E-state index contributed by atoms with van der Waals surface area (Å²) in [7, 11) is 1.48. The predicted octanol–water partition coefficient (Wildman–Crippen LogP) is 0.464. The standard InChI is InChI=1S/C8H15NO3/c1-4-6(2)12-8(11)5-7(10)9-3/h6H,4-5H2,1-3H3,(H,9,10). The lowest BCUT2D eigenvalue weighted by Gasteiger charge is -2.09. The van der Waals surface area contributed by atoms with E-state index in [2.05, 4.69) is 5.32 Å². The van der Waals surface area contributed by atoms with E-state index in [-0.39, 0.29) is 18.4 Å². The average molecular weight is 173 g/mol. The summed E-state index contributed by atoms with van der Waals surface area (Å²) in [5.41, 5.74) is 0. The predicted molar refractivity (Wildman–Crippen MR) is 44.5 cm³/mol. The van der Waals surface area contributed by atoms with Crippen LogP contribution in [0.2, 0.25) is 0 Å². The van der Waals surface area contributed by atoms with Crippen LogP contribution < -0.4 is 5.32 Å². The zero-order valence-electron chi connectivity index (χ0n) is 7.72. The molecular weight excluding hydrogens is 158 g/mol. The molecule has 0 fully saturated rings. The Hall–Kier alpha value is -1.06. The van der Waals surface area contributed by atoms with Crippen LogP contribution in [0.1, 0.15) is 26.7 Å². The van der Waals surface area contributed by atoms with Crippen molar-refractivity contribution in [2.24, 2.45) is 0 Å². The molecule has 0 rings (SSSR count). The van der Waals surface area contributed by atoms with E-state index in [1.54, 1.807) is 6.92 Å². The minimum absolute atomic E-state index is 0.109. The maximum Gasteiger partial charge on any atom is 0.315 e. The van der Waals surface area contributed by atoms with Crippen LogP contribution in [0.25, 0.3) is 0 Å². The number of carbonyl (C=O) groups is 2. The molecule has 0 bridgehead atoms. The molecule has 0 aromatic heterocycles. The van der Waals surface area contributed by atoms with E-state index in [0.29, 0.717) is 0 Å². The van der Waals surface area contributed by atoms with Crippen molar-refractivity contribution in [3.8, 4) is 0 Å². The Morgan fingerprint density at radius 3 is 2.50 bits per heavy atom.